The fourth-order valence-corrected chi connectivity index (χ4v) is 1.52. The summed E-state index contributed by atoms with van der Waals surface area (Å²) in [6, 6.07) is 2.92. The molecule has 0 bridgehead atoms. The molecular weight excluding hydrogens is 292 g/mol. The predicted octanol–water partition coefficient (Wildman–Crippen LogP) is 2.70. The largest absolute Gasteiger partial charge is 0.482 e. The van der Waals surface area contributed by atoms with Crippen molar-refractivity contribution in [3.8, 4) is 5.75 Å². The van der Waals surface area contributed by atoms with E-state index in [1.54, 1.807) is 7.05 Å². The van der Waals surface area contributed by atoms with Gasteiger partial charge in [0.25, 0.3) is 0 Å². The van der Waals surface area contributed by atoms with Gasteiger partial charge in [-0.25, -0.2) is 4.39 Å². The lowest BCUT2D eigenvalue weighted by molar-refractivity contribution is -0.153. The van der Waals surface area contributed by atoms with Crippen LogP contribution in [0, 0.1) is 5.82 Å². The van der Waals surface area contributed by atoms with Gasteiger partial charge in [0, 0.05) is 12.5 Å². The average molecular weight is 308 g/mol. The lowest BCUT2D eigenvalue weighted by Gasteiger charge is -2.14. The molecular formula is C13H16F4N2O2. The number of hydrogen-bond acceptors (Lipinski definition) is 3. The molecule has 0 spiro atoms. The summed E-state index contributed by atoms with van der Waals surface area (Å²) in [5.41, 5.74) is -0.117. The zero-order valence-electron chi connectivity index (χ0n) is 11.4. The van der Waals surface area contributed by atoms with Crippen LogP contribution >= 0.6 is 0 Å². The first kappa shape index (κ1) is 17.2. The number of nitrogens with one attached hydrogen (secondary N) is 2. The summed E-state index contributed by atoms with van der Waals surface area (Å²) in [7, 11) is 1.73. The highest BCUT2D eigenvalue weighted by atomic mass is 19.4. The van der Waals surface area contributed by atoms with Crippen molar-refractivity contribution in [1.82, 2.24) is 5.32 Å². The molecule has 1 aromatic carbocycles. The molecule has 0 saturated carbocycles. The van der Waals surface area contributed by atoms with E-state index in [-0.39, 0.29) is 17.9 Å². The molecule has 0 saturated heterocycles. The van der Waals surface area contributed by atoms with Crippen LogP contribution in [0.15, 0.2) is 18.2 Å². The maximum absolute atomic E-state index is 13.1. The lowest BCUT2D eigenvalue weighted by atomic mass is 10.2. The Bertz CT molecular complexity index is 478. The average Bonchev–Trinajstić information content (AvgIpc) is 2.37. The van der Waals surface area contributed by atoms with Gasteiger partial charge in [-0.2, -0.15) is 13.2 Å². The van der Waals surface area contributed by atoms with Gasteiger partial charge in [0.1, 0.15) is 11.6 Å². The van der Waals surface area contributed by atoms with Crippen LogP contribution in [0.2, 0.25) is 0 Å². The van der Waals surface area contributed by atoms with E-state index in [0.29, 0.717) is 13.0 Å². The Morgan fingerprint density at radius 1 is 1.33 bits per heavy atom. The van der Waals surface area contributed by atoms with Crippen LogP contribution in [-0.2, 0) is 4.79 Å². The van der Waals surface area contributed by atoms with E-state index < -0.39 is 24.5 Å². The van der Waals surface area contributed by atoms with E-state index in [4.69, 9.17) is 0 Å². The van der Waals surface area contributed by atoms with Crippen molar-refractivity contribution in [2.24, 2.45) is 0 Å². The Morgan fingerprint density at radius 3 is 2.67 bits per heavy atom. The van der Waals surface area contributed by atoms with Crippen LogP contribution in [0.1, 0.15) is 12.8 Å². The SMILES string of the molecule is CNCCCC(=O)Nc1cc(F)ccc1OCC(F)(F)F. The van der Waals surface area contributed by atoms with Gasteiger partial charge < -0.3 is 15.4 Å². The third-order valence-electron chi connectivity index (χ3n) is 2.44. The Kier molecular flexibility index (Phi) is 6.41. The maximum atomic E-state index is 13.1. The summed E-state index contributed by atoms with van der Waals surface area (Å²) in [6.45, 7) is -0.894. The van der Waals surface area contributed by atoms with Crippen molar-refractivity contribution < 1.29 is 27.1 Å². The molecule has 2 N–H and O–H groups in total. The Balaban J connectivity index is 2.70. The molecule has 1 aromatic rings. The van der Waals surface area contributed by atoms with Crippen LogP contribution in [-0.4, -0.2) is 32.3 Å². The monoisotopic (exact) mass is 308 g/mol. The highest BCUT2D eigenvalue weighted by Crippen LogP contribution is 2.27. The number of carbonyl (C=O) groups is 1. The number of carbonyl (C=O) groups excluding carboxylic acids is 1. The maximum Gasteiger partial charge on any atom is 0.422 e. The smallest absolute Gasteiger partial charge is 0.422 e. The number of rotatable bonds is 7. The van der Waals surface area contributed by atoms with Crippen LogP contribution < -0.4 is 15.4 Å². The quantitative estimate of drug-likeness (QED) is 0.601. The predicted molar refractivity (Wildman–Crippen MR) is 69.7 cm³/mol. The number of ether oxygens (including phenoxy) is 1. The molecule has 0 aromatic heterocycles. The standard InChI is InChI=1S/C13H16F4N2O2/c1-18-6-2-3-12(20)19-10-7-9(14)4-5-11(10)21-8-13(15,16)17/h4-5,7,18H,2-3,6,8H2,1H3,(H,19,20). The van der Waals surface area contributed by atoms with Crippen molar-refractivity contribution in [3.63, 3.8) is 0 Å². The molecule has 0 aliphatic carbocycles. The van der Waals surface area contributed by atoms with Crippen LogP contribution in [0.25, 0.3) is 0 Å². The molecule has 21 heavy (non-hydrogen) atoms. The van der Waals surface area contributed by atoms with Gasteiger partial charge in [-0.15, -0.1) is 0 Å². The van der Waals surface area contributed by atoms with Crippen molar-refractivity contribution in [3.05, 3.63) is 24.0 Å². The molecule has 8 heteroatoms. The van der Waals surface area contributed by atoms with E-state index in [2.05, 4.69) is 15.4 Å². The van der Waals surface area contributed by atoms with Crippen molar-refractivity contribution in [1.29, 1.82) is 0 Å². The summed E-state index contributed by atoms with van der Waals surface area (Å²) in [6.07, 6.45) is -3.80. The van der Waals surface area contributed by atoms with Crippen molar-refractivity contribution >= 4 is 11.6 Å². The zero-order valence-corrected chi connectivity index (χ0v) is 11.4. The molecule has 0 fully saturated rings. The second-order valence-electron chi connectivity index (χ2n) is 4.30. The molecule has 0 atom stereocenters. The Hall–Kier alpha value is -1.83. The Morgan fingerprint density at radius 2 is 2.05 bits per heavy atom. The third-order valence-corrected chi connectivity index (χ3v) is 2.44. The van der Waals surface area contributed by atoms with E-state index in [9.17, 15) is 22.4 Å². The summed E-state index contributed by atoms with van der Waals surface area (Å²) in [5, 5.41) is 5.20. The first-order chi connectivity index (χ1) is 9.81. The molecule has 0 aliphatic heterocycles. The lowest BCUT2D eigenvalue weighted by Crippen LogP contribution is -2.20. The summed E-state index contributed by atoms with van der Waals surface area (Å²) in [4.78, 5) is 11.6. The van der Waals surface area contributed by atoms with Gasteiger partial charge >= 0.3 is 6.18 Å². The normalized spacial score (nSPS) is 11.3. The second-order valence-corrected chi connectivity index (χ2v) is 4.30. The third kappa shape index (κ3) is 6.94. The highest BCUT2D eigenvalue weighted by molar-refractivity contribution is 5.92. The van der Waals surface area contributed by atoms with Crippen molar-refractivity contribution in [2.45, 2.75) is 19.0 Å². The summed E-state index contributed by atoms with van der Waals surface area (Å²) in [5.74, 6) is -1.33. The minimum Gasteiger partial charge on any atom is -0.482 e. The molecule has 1 amide bonds. The number of amides is 1. The summed E-state index contributed by atoms with van der Waals surface area (Å²) < 4.78 is 54.1. The summed E-state index contributed by atoms with van der Waals surface area (Å²) >= 11 is 0. The van der Waals surface area contributed by atoms with Crippen LogP contribution in [0.3, 0.4) is 0 Å². The van der Waals surface area contributed by atoms with Crippen molar-refractivity contribution in [2.75, 3.05) is 25.5 Å². The van der Waals surface area contributed by atoms with E-state index >= 15 is 0 Å². The number of benzene rings is 1. The number of alkyl halides is 3. The van der Waals surface area contributed by atoms with Gasteiger partial charge in [-0.05, 0) is 32.1 Å². The van der Waals surface area contributed by atoms with E-state index in [0.717, 1.165) is 18.2 Å². The number of hydrogen-bond donors (Lipinski definition) is 2. The molecule has 0 radical (unpaired) electrons. The Labute approximate surface area is 119 Å². The molecule has 0 heterocycles. The molecule has 0 unspecified atom stereocenters. The highest BCUT2D eigenvalue weighted by Gasteiger charge is 2.29. The topological polar surface area (TPSA) is 50.4 Å². The molecule has 4 nitrogen and oxygen atoms in total. The zero-order chi connectivity index (χ0) is 15.9. The van der Waals surface area contributed by atoms with Gasteiger partial charge in [0.05, 0.1) is 5.69 Å². The second kappa shape index (κ2) is 7.82. The molecule has 1 rings (SSSR count). The number of anilines is 1. The minimum absolute atomic E-state index is 0.117. The van der Waals surface area contributed by atoms with Crippen LogP contribution in [0.5, 0.6) is 5.75 Å². The van der Waals surface area contributed by atoms with Gasteiger partial charge in [-0.3, -0.25) is 4.79 Å². The fraction of sp³-hybridized carbons (Fsp3) is 0.462. The minimum atomic E-state index is -4.51. The van der Waals surface area contributed by atoms with E-state index in [1.165, 1.54) is 0 Å². The fourth-order valence-electron chi connectivity index (χ4n) is 1.52. The van der Waals surface area contributed by atoms with Gasteiger partial charge in [-0.1, -0.05) is 0 Å². The van der Waals surface area contributed by atoms with Gasteiger partial charge in [0.15, 0.2) is 6.61 Å². The molecule has 118 valence electrons. The number of halogens is 4. The molecule has 0 aliphatic rings. The van der Waals surface area contributed by atoms with Crippen LogP contribution in [0.4, 0.5) is 23.2 Å². The first-order valence-corrected chi connectivity index (χ1v) is 6.25. The van der Waals surface area contributed by atoms with E-state index in [1.807, 2.05) is 0 Å². The first-order valence-electron chi connectivity index (χ1n) is 6.25. The van der Waals surface area contributed by atoms with Gasteiger partial charge in [0.2, 0.25) is 5.91 Å².